The molecule has 0 aliphatic rings. The molecule has 7 heteroatoms. The molecule has 5 aromatic rings. The van der Waals surface area contributed by atoms with Gasteiger partial charge in [0.25, 0.3) is 0 Å². The van der Waals surface area contributed by atoms with Gasteiger partial charge in [-0.05, 0) is 64.4 Å². The highest BCUT2D eigenvalue weighted by Crippen LogP contribution is 2.36. The number of benzene rings is 4. The van der Waals surface area contributed by atoms with Crippen LogP contribution in [0.25, 0.3) is 44.8 Å². The van der Waals surface area contributed by atoms with Crippen LogP contribution in [-0.2, 0) is 9.59 Å². The highest BCUT2D eigenvalue weighted by atomic mass is 16.5. The summed E-state index contributed by atoms with van der Waals surface area (Å²) in [5.74, 6) is 0.520. The van der Waals surface area contributed by atoms with E-state index in [4.69, 9.17) is 13.9 Å². The average Bonchev–Trinajstić information content (AvgIpc) is 3.43. The molecule has 0 bridgehead atoms. The molecule has 0 fully saturated rings. The van der Waals surface area contributed by atoms with Crippen molar-refractivity contribution in [3.63, 3.8) is 0 Å². The fourth-order valence-electron chi connectivity index (χ4n) is 3.87. The molecule has 0 aliphatic heterocycles. The second kappa shape index (κ2) is 10.1. The molecule has 0 saturated carbocycles. The number of nitrogens with zero attached hydrogens (tertiary/aromatic N) is 2. The van der Waals surface area contributed by atoms with Gasteiger partial charge in [-0.15, -0.1) is 10.2 Å². The Morgan fingerprint density at radius 3 is 1.68 bits per heavy atom. The van der Waals surface area contributed by atoms with Crippen molar-refractivity contribution >= 4 is 22.7 Å². The zero-order valence-electron chi connectivity index (χ0n) is 19.6. The molecule has 1 aromatic heterocycles. The monoisotopic (exact) mass is 488 g/mol. The number of carbonyl (C=O) groups is 2. The normalized spacial score (nSPS) is 10.6. The van der Waals surface area contributed by atoms with E-state index in [0.29, 0.717) is 28.8 Å². The average molecular weight is 488 g/mol. The molecular formula is C30H20N2O5. The molecule has 1 heterocycles. The van der Waals surface area contributed by atoms with Crippen LogP contribution in [0.2, 0.25) is 0 Å². The van der Waals surface area contributed by atoms with E-state index in [2.05, 4.69) is 23.4 Å². The third-order valence-electron chi connectivity index (χ3n) is 5.62. The van der Waals surface area contributed by atoms with Crippen LogP contribution in [0.5, 0.6) is 11.5 Å². The van der Waals surface area contributed by atoms with Gasteiger partial charge >= 0.3 is 11.9 Å². The standard InChI is InChI=1S/C30H20N2O5/c1-3-27(33)35-21-13-9-19(10-14-21)23-17-18-26(25-8-6-5-7-24(23)25)30-32-31-29(37-30)20-11-15-22(16-12-20)36-28(34)4-2/h3-18H,1-2H2. The molecule has 180 valence electrons. The Hall–Kier alpha value is -5.30. The third kappa shape index (κ3) is 4.92. The summed E-state index contributed by atoms with van der Waals surface area (Å²) in [4.78, 5) is 22.8. The maximum absolute atomic E-state index is 11.5. The maximum Gasteiger partial charge on any atom is 0.335 e. The summed E-state index contributed by atoms with van der Waals surface area (Å²) in [5, 5.41) is 10.4. The number of hydrogen-bond acceptors (Lipinski definition) is 7. The van der Waals surface area contributed by atoms with Crippen molar-refractivity contribution in [1.82, 2.24) is 10.2 Å². The minimum Gasteiger partial charge on any atom is -0.423 e. The molecule has 0 spiro atoms. The van der Waals surface area contributed by atoms with Crippen LogP contribution in [-0.4, -0.2) is 22.1 Å². The Morgan fingerprint density at radius 1 is 0.622 bits per heavy atom. The van der Waals surface area contributed by atoms with Crippen LogP contribution < -0.4 is 9.47 Å². The Labute approximate surface area is 212 Å². The zero-order valence-corrected chi connectivity index (χ0v) is 19.6. The molecule has 4 aromatic carbocycles. The number of rotatable bonds is 7. The van der Waals surface area contributed by atoms with E-state index in [0.717, 1.165) is 39.6 Å². The van der Waals surface area contributed by atoms with Gasteiger partial charge in [-0.25, -0.2) is 9.59 Å². The fourth-order valence-corrected chi connectivity index (χ4v) is 3.87. The first-order valence-electron chi connectivity index (χ1n) is 11.3. The van der Waals surface area contributed by atoms with Gasteiger partial charge in [-0.2, -0.15) is 0 Å². The molecule has 0 atom stereocenters. The number of carbonyl (C=O) groups excluding carboxylic acids is 2. The lowest BCUT2D eigenvalue weighted by atomic mass is 9.95. The first kappa shape index (κ1) is 23.4. The molecule has 7 nitrogen and oxygen atoms in total. The molecule has 0 unspecified atom stereocenters. The number of ether oxygens (including phenoxy) is 2. The van der Waals surface area contributed by atoms with Gasteiger partial charge in [0.2, 0.25) is 11.8 Å². The first-order valence-corrected chi connectivity index (χ1v) is 11.3. The Balaban J connectivity index is 1.46. The van der Waals surface area contributed by atoms with Gasteiger partial charge in [-0.1, -0.05) is 55.6 Å². The van der Waals surface area contributed by atoms with Gasteiger partial charge in [-0.3, -0.25) is 0 Å². The number of aromatic nitrogens is 2. The largest absolute Gasteiger partial charge is 0.423 e. The molecule has 0 radical (unpaired) electrons. The SMILES string of the molecule is C=CC(=O)Oc1ccc(-c2nnc(-c3ccc(-c4ccc(OC(=O)C=C)cc4)c4ccccc34)o2)cc1. The van der Waals surface area contributed by atoms with Gasteiger partial charge in [0, 0.05) is 23.3 Å². The number of hydrogen-bond donors (Lipinski definition) is 0. The Bertz CT molecular complexity index is 1630. The second-order valence-electron chi connectivity index (χ2n) is 7.92. The summed E-state index contributed by atoms with van der Waals surface area (Å²) in [6, 6.07) is 25.9. The van der Waals surface area contributed by atoms with E-state index in [1.54, 1.807) is 36.4 Å². The molecule has 37 heavy (non-hydrogen) atoms. The maximum atomic E-state index is 11.5. The van der Waals surface area contributed by atoms with E-state index in [9.17, 15) is 9.59 Å². The zero-order chi connectivity index (χ0) is 25.8. The van der Waals surface area contributed by atoms with Crippen molar-refractivity contribution < 1.29 is 23.5 Å². The van der Waals surface area contributed by atoms with Crippen LogP contribution in [0.15, 0.2) is 115 Å². The smallest absolute Gasteiger partial charge is 0.335 e. The molecule has 0 aliphatic carbocycles. The Morgan fingerprint density at radius 2 is 1.11 bits per heavy atom. The predicted octanol–water partition coefficient (Wildman–Crippen LogP) is 6.41. The highest BCUT2D eigenvalue weighted by Gasteiger charge is 2.16. The van der Waals surface area contributed by atoms with E-state index in [-0.39, 0.29) is 0 Å². The summed E-state index contributed by atoms with van der Waals surface area (Å²) < 4.78 is 16.3. The van der Waals surface area contributed by atoms with Gasteiger partial charge in [0.15, 0.2) is 0 Å². The molecule has 5 rings (SSSR count). The summed E-state index contributed by atoms with van der Waals surface area (Å²) in [7, 11) is 0. The number of fused-ring (bicyclic) bond motifs is 1. The van der Waals surface area contributed by atoms with Crippen LogP contribution in [0.1, 0.15) is 0 Å². The fraction of sp³-hybridized carbons (Fsp3) is 0. The van der Waals surface area contributed by atoms with Crippen molar-refractivity contribution in [2.75, 3.05) is 0 Å². The van der Waals surface area contributed by atoms with E-state index < -0.39 is 11.9 Å². The summed E-state index contributed by atoms with van der Waals surface area (Å²) in [6.45, 7) is 6.80. The van der Waals surface area contributed by atoms with Gasteiger partial charge in [0.05, 0.1) is 0 Å². The lowest BCUT2D eigenvalue weighted by Crippen LogP contribution is -2.02. The van der Waals surface area contributed by atoms with Crippen molar-refractivity contribution in [2.45, 2.75) is 0 Å². The van der Waals surface area contributed by atoms with Crippen molar-refractivity contribution in [3.05, 3.63) is 110 Å². The quantitative estimate of drug-likeness (QED) is 0.149. The van der Waals surface area contributed by atoms with Crippen molar-refractivity contribution in [2.24, 2.45) is 0 Å². The molecule has 0 amide bonds. The highest BCUT2D eigenvalue weighted by molar-refractivity contribution is 6.04. The summed E-state index contributed by atoms with van der Waals surface area (Å²) in [5.41, 5.74) is 3.46. The van der Waals surface area contributed by atoms with Crippen molar-refractivity contribution in [1.29, 1.82) is 0 Å². The molecular weight excluding hydrogens is 468 g/mol. The Kier molecular flexibility index (Phi) is 6.42. The predicted molar refractivity (Wildman–Crippen MR) is 140 cm³/mol. The van der Waals surface area contributed by atoms with E-state index in [1.165, 1.54) is 0 Å². The van der Waals surface area contributed by atoms with Crippen LogP contribution in [0, 0.1) is 0 Å². The third-order valence-corrected chi connectivity index (χ3v) is 5.62. The lowest BCUT2D eigenvalue weighted by molar-refractivity contribution is -0.129. The van der Waals surface area contributed by atoms with Crippen LogP contribution >= 0.6 is 0 Å². The first-order chi connectivity index (χ1) is 18.1. The number of esters is 2. The van der Waals surface area contributed by atoms with E-state index in [1.807, 2.05) is 48.5 Å². The second-order valence-corrected chi connectivity index (χ2v) is 7.92. The molecule has 0 N–H and O–H groups in total. The summed E-state index contributed by atoms with van der Waals surface area (Å²) in [6.07, 6.45) is 2.23. The van der Waals surface area contributed by atoms with Crippen LogP contribution in [0.3, 0.4) is 0 Å². The van der Waals surface area contributed by atoms with Crippen molar-refractivity contribution in [3.8, 4) is 45.5 Å². The van der Waals surface area contributed by atoms with Gasteiger partial charge < -0.3 is 13.9 Å². The summed E-state index contributed by atoms with van der Waals surface area (Å²) >= 11 is 0. The minimum atomic E-state index is -0.532. The van der Waals surface area contributed by atoms with Gasteiger partial charge in [0.1, 0.15) is 11.5 Å². The lowest BCUT2D eigenvalue weighted by Gasteiger charge is -2.10. The van der Waals surface area contributed by atoms with Crippen LogP contribution in [0.4, 0.5) is 0 Å². The topological polar surface area (TPSA) is 91.5 Å². The van der Waals surface area contributed by atoms with E-state index >= 15 is 0 Å². The minimum absolute atomic E-state index is 0.342. The molecule has 0 saturated heterocycles.